The van der Waals surface area contributed by atoms with Gasteiger partial charge in [-0.05, 0) is 70.5 Å². The highest BCUT2D eigenvalue weighted by Gasteiger charge is 2.41. The molecule has 0 saturated carbocycles. The van der Waals surface area contributed by atoms with Crippen LogP contribution in [0.4, 0.5) is 11.4 Å². The number of anilines is 2. The van der Waals surface area contributed by atoms with Crippen molar-refractivity contribution >= 4 is 49.7 Å². The minimum Gasteiger partial charge on any atom is -0.453 e. The van der Waals surface area contributed by atoms with E-state index in [0.29, 0.717) is 5.92 Å². The molecule has 0 aliphatic heterocycles. The maximum atomic E-state index is 7.35. The highest BCUT2D eigenvalue weighted by atomic mass is 16.3. The van der Waals surface area contributed by atoms with Crippen molar-refractivity contribution < 1.29 is 4.42 Å². The van der Waals surface area contributed by atoms with Crippen molar-refractivity contribution in [2.45, 2.75) is 44.4 Å². The minimum atomic E-state index is -0.0708. The fourth-order valence-electron chi connectivity index (χ4n) is 9.16. The first kappa shape index (κ1) is 30.0. The second-order valence-corrected chi connectivity index (χ2v) is 14.7. The fraction of sp³-hybridized carbons (Fsp3) is 0.143. The molecule has 0 bridgehead atoms. The van der Waals surface area contributed by atoms with Gasteiger partial charge in [-0.3, -0.25) is 0 Å². The Kier molecular flexibility index (Phi) is 6.83. The first-order chi connectivity index (χ1) is 25.1. The summed E-state index contributed by atoms with van der Waals surface area (Å²) < 4.78 is 7.35. The van der Waals surface area contributed by atoms with Crippen LogP contribution in [-0.2, 0) is 5.41 Å². The molecular formula is C49H39NO. The van der Waals surface area contributed by atoms with Crippen molar-refractivity contribution in [3.05, 3.63) is 186 Å². The molecule has 1 atom stereocenters. The molecule has 3 aliphatic rings. The van der Waals surface area contributed by atoms with E-state index in [2.05, 4.69) is 177 Å². The van der Waals surface area contributed by atoms with Crippen LogP contribution >= 0.6 is 0 Å². The Bertz CT molecular complexity index is 2630. The Labute approximate surface area is 299 Å². The second-order valence-electron chi connectivity index (χ2n) is 14.7. The normalized spacial score (nSPS) is 17.6. The quantitative estimate of drug-likeness (QED) is 0.183. The van der Waals surface area contributed by atoms with E-state index >= 15 is 0 Å². The highest BCUT2D eigenvalue weighted by Crippen LogP contribution is 2.57. The van der Waals surface area contributed by atoms with Crippen molar-refractivity contribution in [3.8, 4) is 11.1 Å². The van der Waals surface area contributed by atoms with Gasteiger partial charge in [-0.2, -0.15) is 0 Å². The number of para-hydroxylation sites is 2. The molecule has 3 aliphatic carbocycles. The third kappa shape index (κ3) is 4.56. The van der Waals surface area contributed by atoms with Crippen LogP contribution in [0.25, 0.3) is 49.4 Å². The van der Waals surface area contributed by atoms with E-state index in [9.17, 15) is 0 Å². The van der Waals surface area contributed by atoms with E-state index < -0.39 is 0 Å². The van der Waals surface area contributed by atoms with E-state index in [4.69, 9.17) is 4.42 Å². The van der Waals surface area contributed by atoms with Crippen LogP contribution in [0, 0.1) is 0 Å². The highest BCUT2D eigenvalue weighted by molar-refractivity contribution is 6.25. The number of furan rings is 1. The largest absolute Gasteiger partial charge is 0.453 e. The van der Waals surface area contributed by atoms with Crippen molar-refractivity contribution in [1.29, 1.82) is 0 Å². The van der Waals surface area contributed by atoms with Crippen molar-refractivity contribution in [1.82, 2.24) is 0 Å². The molecule has 246 valence electrons. The molecule has 0 saturated heterocycles. The van der Waals surface area contributed by atoms with Crippen molar-refractivity contribution in [2.75, 3.05) is 4.90 Å². The topological polar surface area (TPSA) is 16.4 Å². The first-order valence-corrected chi connectivity index (χ1v) is 18.3. The van der Waals surface area contributed by atoms with Gasteiger partial charge in [0.25, 0.3) is 0 Å². The fourth-order valence-corrected chi connectivity index (χ4v) is 9.16. The van der Waals surface area contributed by atoms with Gasteiger partial charge in [-0.25, -0.2) is 0 Å². The van der Waals surface area contributed by atoms with Crippen LogP contribution < -0.4 is 4.90 Å². The number of hydrogen-bond donors (Lipinski definition) is 0. The monoisotopic (exact) mass is 657 g/mol. The van der Waals surface area contributed by atoms with Crippen LogP contribution in [-0.4, -0.2) is 0 Å². The maximum Gasteiger partial charge on any atom is 0.159 e. The minimum absolute atomic E-state index is 0.0708. The van der Waals surface area contributed by atoms with Gasteiger partial charge in [0.15, 0.2) is 5.58 Å². The summed E-state index contributed by atoms with van der Waals surface area (Å²) in [6, 6.07) is 46.0. The van der Waals surface area contributed by atoms with Crippen LogP contribution in [0.5, 0.6) is 0 Å². The van der Waals surface area contributed by atoms with Gasteiger partial charge in [0, 0.05) is 38.9 Å². The lowest BCUT2D eigenvalue weighted by Gasteiger charge is -2.30. The molecule has 7 aromatic rings. The van der Waals surface area contributed by atoms with Gasteiger partial charge in [0.05, 0.1) is 11.4 Å². The standard InChI is InChI=1S/C49H39NO/c1-49(2)41-25-13-11-23-39(41)45-46(49)38-22-10-9-21-37(38)44-40-24-15-27-43(47(40)51-48(44)45)50(35-30-28-33(29-31-35)32-16-5-3-6-17-32)42-26-14-12-20-36(42)34-18-7-4-8-19-34/h3-12,14-24,26-28,30-31,33H,13,25,29H2,1-2H3. The van der Waals surface area contributed by atoms with Crippen LogP contribution in [0.1, 0.15) is 55.7 Å². The van der Waals surface area contributed by atoms with E-state index in [0.717, 1.165) is 52.9 Å². The Balaban J connectivity index is 1.25. The zero-order valence-corrected chi connectivity index (χ0v) is 29.1. The summed E-state index contributed by atoms with van der Waals surface area (Å²) in [4.78, 5) is 2.43. The molecule has 1 unspecified atom stereocenters. The van der Waals surface area contributed by atoms with Gasteiger partial charge in [-0.1, -0.05) is 159 Å². The Morgan fingerprint density at radius 1 is 0.667 bits per heavy atom. The maximum absolute atomic E-state index is 7.35. The molecule has 10 rings (SSSR count). The van der Waals surface area contributed by atoms with Gasteiger partial charge < -0.3 is 9.32 Å². The third-order valence-electron chi connectivity index (χ3n) is 11.5. The second kappa shape index (κ2) is 11.6. The molecular weight excluding hydrogens is 619 g/mol. The molecule has 1 heterocycles. The lowest BCUT2D eigenvalue weighted by Crippen LogP contribution is -2.18. The van der Waals surface area contributed by atoms with Crippen LogP contribution in [0.2, 0.25) is 0 Å². The SMILES string of the molecule is CC1(C)C2=C(C=CCC2)c2c1c1ccccc1c1c2oc2c(N(C3=CCC(c4ccccc4)C=C3)c3ccccc3-c3ccccc3)cccc21. The van der Waals surface area contributed by atoms with E-state index in [1.807, 2.05) is 0 Å². The average Bonchev–Trinajstić information content (AvgIpc) is 3.70. The molecule has 0 amide bonds. The summed E-state index contributed by atoms with van der Waals surface area (Å²) in [5.41, 5.74) is 14.4. The number of allylic oxidation sites excluding steroid dienone is 7. The zero-order chi connectivity index (χ0) is 34.1. The van der Waals surface area contributed by atoms with Gasteiger partial charge in [0.1, 0.15) is 5.58 Å². The number of rotatable bonds is 5. The summed E-state index contributed by atoms with van der Waals surface area (Å²) in [7, 11) is 0. The Morgan fingerprint density at radius 2 is 1.37 bits per heavy atom. The van der Waals surface area contributed by atoms with E-state index in [1.54, 1.807) is 0 Å². The molecule has 0 fully saturated rings. The van der Waals surface area contributed by atoms with Crippen LogP contribution in [0.15, 0.2) is 173 Å². The average molecular weight is 658 g/mol. The molecule has 1 aromatic heterocycles. The lowest BCUT2D eigenvalue weighted by atomic mass is 9.76. The molecule has 0 spiro atoms. The smallest absolute Gasteiger partial charge is 0.159 e. The first-order valence-electron chi connectivity index (χ1n) is 18.3. The summed E-state index contributed by atoms with van der Waals surface area (Å²) in [6.45, 7) is 4.82. The Hall–Kier alpha value is -5.86. The Morgan fingerprint density at radius 3 is 2.18 bits per heavy atom. The summed E-state index contributed by atoms with van der Waals surface area (Å²) in [5, 5.41) is 4.95. The van der Waals surface area contributed by atoms with Gasteiger partial charge in [0.2, 0.25) is 0 Å². The summed E-state index contributed by atoms with van der Waals surface area (Å²) in [6.07, 6.45) is 14.9. The van der Waals surface area contributed by atoms with Crippen molar-refractivity contribution in [3.63, 3.8) is 0 Å². The number of hydrogen-bond acceptors (Lipinski definition) is 2. The molecule has 6 aromatic carbocycles. The number of fused-ring (bicyclic) bond motifs is 9. The van der Waals surface area contributed by atoms with E-state index in [1.165, 1.54) is 55.1 Å². The number of benzene rings is 6. The van der Waals surface area contributed by atoms with Crippen LogP contribution in [0.3, 0.4) is 0 Å². The van der Waals surface area contributed by atoms with Gasteiger partial charge >= 0.3 is 0 Å². The number of nitrogens with zero attached hydrogens (tertiary/aromatic N) is 1. The summed E-state index contributed by atoms with van der Waals surface area (Å²) in [5.74, 6) is 0.339. The molecule has 0 radical (unpaired) electrons. The third-order valence-corrected chi connectivity index (χ3v) is 11.5. The predicted octanol–water partition coefficient (Wildman–Crippen LogP) is 13.6. The predicted molar refractivity (Wildman–Crippen MR) is 215 cm³/mol. The molecule has 2 nitrogen and oxygen atoms in total. The van der Waals surface area contributed by atoms with E-state index in [-0.39, 0.29) is 5.41 Å². The molecule has 51 heavy (non-hydrogen) atoms. The van der Waals surface area contributed by atoms with Crippen molar-refractivity contribution in [2.24, 2.45) is 0 Å². The molecule has 2 heteroatoms. The molecule has 0 N–H and O–H groups in total. The zero-order valence-electron chi connectivity index (χ0n) is 29.1. The van der Waals surface area contributed by atoms with Gasteiger partial charge in [-0.15, -0.1) is 0 Å². The lowest BCUT2D eigenvalue weighted by molar-refractivity contribution is 0.610. The summed E-state index contributed by atoms with van der Waals surface area (Å²) >= 11 is 0.